The number of nitrogens with zero attached hydrogens (tertiary/aromatic N) is 1. The van der Waals surface area contributed by atoms with Gasteiger partial charge >= 0.3 is 12.3 Å². The molecule has 0 atom stereocenters. The predicted octanol–water partition coefficient (Wildman–Crippen LogP) is 6.28. The van der Waals surface area contributed by atoms with Crippen LogP contribution in [0.25, 0.3) is 0 Å². The molecule has 0 saturated carbocycles. The van der Waals surface area contributed by atoms with Crippen LogP contribution in [-0.4, -0.2) is 82.6 Å². The Bertz CT molecular complexity index is 1330. The Kier molecular flexibility index (Phi) is 16.4. The fourth-order valence-corrected chi connectivity index (χ4v) is 5.59. The Morgan fingerprint density at radius 1 is 0.587 bits per heavy atom. The molecule has 0 saturated heterocycles. The largest absolute Gasteiger partial charge is 0.514 e. The van der Waals surface area contributed by atoms with Crippen LogP contribution >= 0.6 is 0 Å². The van der Waals surface area contributed by atoms with Crippen LogP contribution < -0.4 is 9.47 Å². The van der Waals surface area contributed by atoms with Gasteiger partial charge in [0.25, 0.3) is 20.2 Å². The molecule has 0 amide bonds. The molecule has 46 heavy (non-hydrogen) atoms. The maximum absolute atomic E-state index is 12.2. The normalized spacial score (nSPS) is 12.0. The fourth-order valence-electron chi connectivity index (χ4n) is 4.63. The maximum Gasteiger partial charge on any atom is 0.514 e. The van der Waals surface area contributed by atoms with E-state index in [2.05, 4.69) is 6.92 Å². The summed E-state index contributed by atoms with van der Waals surface area (Å²) >= 11 is 0. The molecule has 0 unspecified atom stereocenters. The van der Waals surface area contributed by atoms with E-state index in [0.29, 0.717) is 17.6 Å². The molecular formula is C31H46NO12S2+. The molecule has 0 aliphatic carbocycles. The van der Waals surface area contributed by atoms with Crippen molar-refractivity contribution < 1.29 is 59.0 Å². The summed E-state index contributed by atoms with van der Waals surface area (Å²) in [6.45, 7) is 3.73. The molecular weight excluding hydrogens is 642 g/mol. The van der Waals surface area contributed by atoms with Crippen LogP contribution in [0.2, 0.25) is 0 Å². The van der Waals surface area contributed by atoms with Crippen molar-refractivity contribution >= 4 is 32.5 Å². The first-order valence-corrected chi connectivity index (χ1v) is 18.3. The Hall–Kier alpha value is -3.24. The molecule has 2 N–H and O–H groups in total. The minimum absolute atomic E-state index is 0.000750. The predicted molar refractivity (Wildman–Crippen MR) is 169 cm³/mol. The molecule has 2 rings (SSSR count). The van der Waals surface area contributed by atoms with Crippen LogP contribution in [0, 0.1) is 0 Å². The molecule has 2 aromatic rings. The van der Waals surface area contributed by atoms with Gasteiger partial charge in [-0.1, -0.05) is 58.3 Å². The van der Waals surface area contributed by atoms with E-state index in [-0.39, 0.29) is 34.5 Å². The topological polar surface area (TPSA) is 180 Å². The monoisotopic (exact) mass is 688 g/mol. The van der Waals surface area contributed by atoms with Crippen LogP contribution in [0.5, 0.6) is 11.5 Å². The van der Waals surface area contributed by atoms with Gasteiger partial charge in [-0.05, 0) is 61.4 Å². The number of likely N-dealkylation sites (N-methyl/N-ethyl adjacent to an activating group) is 1. The second kappa shape index (κ2) is 19.4. The van der Waals surface area contributed by atoms with E-state index < -0.39 is 32.5 Å². The first-order chi connectivity index (χ1) is 21.7. The molecule has 0 spiro atoms. The molecule has 0 radical (unpaired) electrons. The lowest BCUT2D eigenvalue weighted by Crippen LogP contribution is -2.49. The van der Waals surface area contributed by atoms with Crippen molar-refractivity contribution in [3.05, 3.63) is 48.5 Å². The Balaban J connectivity index is 1.85. The van der Waals surface area contributed by atoms with Crippen LogP contribution in [0.15, 0.2) is 58.3 Å². The van der Waals surface area contributed by atoms with Crippen molar-refractivity contribution in [1.82, 2.24) is 0 Å². The van der Waals surface area contributed by atoms with Crippen LogP contribution in [0.4, 0.5) is 9.59 Å². The smallest absolute Gasteiger partial charge is 0.428 e. The summed E-state index contributed by atoms with van der Waals surface area (Å²) in [5.41, 5.74) is 0. The molecule has 0 aromatic heterocycles. The standard InChI is InChI=1S/C31H45NO12S2/c1-3-4-5-6-7-8-9-10-11-12-21-32(2,22-24-41-30(33)43-26-13-17-28(18-14-26)45(35,36)37)23-25-42-31(34)44-27-15-19-29(20-16-27)46(38,39)40/h13-20H,3-12,21-25H2,1-2H3,(H-,35,36,37,38,39,40)/p+1. The molecule has 2 aromatic carbocycles. The van der Waals surface area contributed by atoms with Gasteiger partial charge in [0.1, 0.15) is 37.8 Å². The number of ether oxygens (including phenoxy) is 4. The highest BCUT2D eigenvalue weighted by molar-refractivity contribution is 7.86. The van der Waals surface area contributed by atoms with Crippen molar-refractivity contribution in [2.75, 3.05) is 39.9 Å². The van der Waals surface area contributed by atoms with E-state index >= 15 is 0 Å². The summed E-state index contributed by atoms with van der Waals surface area (Å²) < 4.78 is 83.9. The number of unbranched alkanes of at least 4 members (excludes halogenated alkanes) is 9. The number of carbonyl (C=O) groups excluding carboxylic acids is 2. The third kappa shape index (κ3) is 15.9. The first-order valence-electron chi connectivity index (χ1n) is 15.4. The van der Waals surface area contributed by atoms with Gasteiger partial charge in [-0.15, -0.1) is 0 Å². The molecule has 13 nitrogen and oxygen atoms in total. The van der Waals surface area contributed by atoms with Gasteiger partial charge in [-0.3, -0.25) is 9.11 Å². The number of rotatable bonds is 21. The zero-order chi connectivity index (χ0) is 34.1. The lowest BCUT2D eigenvalue weighted by molar-refractivity contribution is -0.910. The number of hydrogen-bond donors (Lipinski definition) is 2. The zero-order valence-corrected chi connectivity index (χ0v) is 28.1. The Labute approximate surface area is 271 Å². The van der Waals surface area contributed by atoms with Crippen molar-refractivity contribution in [1.29, 1.82) is 0 Å². The Morgan fingerprint density at radius 3 is 1.28 bits per heavy atom. The van der Waals surface area contributed by atoms with E-state index in [4.69, 9.17) is 28.1 Å². The van der Waals surface area contributed by atoms with E-state index in [1.165, 1.54) is 69.2 Å². The summed E-state index contributed by atoms with van der Waals surface area (Å²) in [4.78, 5) is 23.8. The summed E-state index contributed by atoms with van der Waals surface area (Å²) in [5.74, 6) is 0.0825. The molecule has 0 aliphatic rings. The lowest BCUT2D eigenvalue weighted by Gasteiger charge is -2.34. The van der Waals surface area contributed by atoms with Gasteiger partial charge < -0.3 is 23.4 Å². The quantitative estimate of drug-likeness (QED) is 0.0494. The van der Waals surface area contributed by atoms with Crippen molar-refractivity contribution in [3.8, 4) is 11.5 Å². The van der Waals surface area contributed by atoms with Gasteiger partial charge in [-0.2, -0.15) is 16.8 Å². The third-order valence-corrected chi connectivity index (χ3v) is 9.13. The highest BCUT2D eigenvalue weighted by Crippen LogP contribution is 2.18. The summed E-state index contributed by atoms with van der Waals surface area (Å²) in [5, 5.41) is 0. The van der Waals surface area contributed by atoms with Crippen LogP contribution in [-0.2, 0) is 29.7 Å². The highest BCUT2D eigenvalue weighted by atomic mass is 32.2. The number of hydrogen-bond acceptors (Lipinski definition) is 10. The van der Waals surface area contributed by atoms with Gasteiger partial charge in [0.05, 0.1) is 23.4 Å². The van der Waals surface area contributed by atoms with Crippen molar-refractivity contribution in [3.63, 3.8) is 0 Å². The van der Waals surface area contributed by atoms with E-state index in [0.717, 1.165) is 50.1 Å². The van der Waals surface area contributed by atoms with Crippen LogP contribution in [0.1, 0.15) is 71.1 Å². The van der Waals surface area contributed by atoms with E-state index in [1.807, 2.05) is 7.05 Å². The first kappa shape index (κ1) is 38.9. The van der Waals surface area contributed by atoms with Gasteiger partial charge in [-0.25, -0.2) is 9.59 Å². The van der Waals surface area contributed by atoms with Gasteiger partial charge in [0, 0.05) is 0 Å². The minimum atomic E-state index is -4.37. The average molecular weight is 689 g/mol. The molecule has 0 heterocycles. The molecule has 0 aliphatic heterocycles. The summed E-state index contributed by atoms with van der Waals surface area (Å²) in [6.07, 6.45) is 9.84. The summed E-state index contributed by atoms with van der Waals surface area (Å²) in [7, 11) is -6.79. The lowest BCUT2D eigenvalue weighted by atomic mass is 10.1. The number of quaternary nitrogens is 1. The fraction of sp³-hybridized carbons (Fsp3) is 0.548. The SMILES string of the molecule is CCCCCCCCCCCC[N+](C)(CCOC(=O)Oc1ccc(S(=O)(=O)O)cc1)CCOC(=O)Oc1ccc(S(=O)(=O)O)cc1. The molecule has 0 bridgehead atoms. The van der Waals surface area contributed by atoms with Gasteiger partial charge in [0.15, 0.2) is 0 Å². The third-order valence-electron chi connectivity index (χ3n) is 7.40. The highest BCUT2D eigenvalue weighted by Gasteiger charge is 2.23. The average Bonchev–Trinajstić information content (AvgIpc) is 2.98. The zero-order valence-electron chi connectivity index (χ0n) is 26.5. The number of carbonyl (C=O) groups is 2. The van der Waals surface area contributed by atoms with E-state index in [9.17, 15) is 26.4 Å². The second-order valence-corrected chi connectivity index (χ2v) is 14.1. The molecule has 15 heteroatoms. The number of benzene rings is 2. The van der Waals surface area contributed by atoms with Crippen molar-refractivity contribution in [2.24, 2.45) is 0 Å². The molecule has 258 valence electrons. The Morgan fingerprint density at radius 2 is 0.935 bits per heavy atom. The van der Waals surface area contributed by atoms with Gasteiger partial charge in [0.2, 0.25) is 0 Å². The second-order valence-electron chi connectivity index (χ2n) is 11.3. The summed E-state index contributed by atoms with van der Waals surface area (Å²) in [6, 6.07) is 9.25. The van der Waals surface area contributed by atoms with Crippen LogP contribution in [0.3, 0.4) is 0 Å². The van der Waals surface area contributed by atoms with E-state index in [1.54, 1.807) is 0 Å². The van der Waals surface area contributed by atoms with Crippen molar-refractivity contribution in [2.45, 2.75) is 80.9 Å². The molecule has 0 fully saturated rings. The maximum atomic E-state index is 12.2. The minimum Gasteiger partial charge on any atom is -0.428 e.